The van der Waals surface area contributed by atoms with Gasteiger partial charge in [0.15, 0.2) is 15.8 Å². The highest BCUT2D eigenvalue weighted by atomic mass is 127. The Balaban J connectivity index is 0.00000261. The maximum Gasteiger partial charge on any atom is 0.194 e. The number of nitrogens with zero attached hydrogens (tertiary/aromatic N) is 2. The molecule has 0 aliphatic carbocycles. The predicted octanol–water partition coefficient (Wildman–Crippen LogP) is 2.98. The fourth-order valence-electron chi connectivity index (χ4n) is 3.25. The lowest BCUT2D eigenvalue weighted by molar-refractivity contribution is 0.378. The molecule has 1 heterocycles. The van der Waals surface area contributed by atoms with Crippen LogP contribution >= 0.6 is 24.0 Å². The van der Waals surface area contributed by atoms with E-state index in [-0.39, 0.29) is 29.7 Å². The van der Waals surface area contributed by atoms with Gasteiger partial charge >= 0.3 is 0 Å². The first-order chi connectivity index (χ1) is 12.4. The smallest absolute Gasteiger partial charge is 0.194 e. The van der Waals surface area contributed by atoms with Crippen LogP contribution in [0.4, 0.5) is 0 Å². The minimum atomic E-state index is -3.00. The molecule has 1 N–H and O–H groups in total. The summed E-state index contributed by atoms with van der Waals surface area (Å²) in [6.45, 7) is 2.47. The second kappa shape index (κ2) is 9.54. The van der Waals surface area contributed by atoms with Crippen molar-refractivity contribution in [2.75, 3.05) is 19.8 Å². The zero-order valence-electron chi connectivity index (χ0n) is 15.7. The predicted molar refractivity (Wildman–Crippen MR) is 121 cm³/mol. The Morgan fingerprint density at radius 3 is 2.33 bits per heavy atom. The molecule has 2 aromatic rings. The highest BCUT2D eigenvalue weighted by molar-refractivity contribution is 14.0. The molecule has 3 rings (SSSR count). The molecule has 0 atom stereocenters. The van der Waals surface area contributed by atoms with Crippen molar-refractivity contribution in [2.24, 2.45) is 4.99 Å². The first-order valence-corrected chi connectivity index (χ1v) is 10.8. The molecule has 0 amide bonds. The highest BCUT2D eigenvalue weighted by Gasteiger charge is 2.18. The molecule has 27 heavy (non-hydrogen) atoms. The molecule has 0 saturated heterocycles. The average Bonchev–Trinajstić information content (AvgIpc) is 2.62. The highest BCUT2D eigenvalue weighted by Crippen LogP contribution is 2.18. The van der Waals surface area contributed by atoms with Crippen LogP contribution in [0, 0.1) is 0 Å². The first kappa shape index (κ1) is 21.7. The Labute approximate surface area is 178 Å². The van der Waals surface area contributed by atoms with Crippen molar-refractivity contribution >= 4 is 39.8 Å². The zero-order chi connectivity index (χ0) is 18.6. The van der Waals surface area contributed by atoms with E-state index in [1.807, 2.05) is 24.3 Å². The minimum Gasteiger partial charge on any atom is -0.352 e. The van der Waals surface area contributed by atoms with Gasteiger partial charge in [0.05, 0.1) is 5.75 Å². The molecule has 5 nitrogen and oxygen atoms in total. The van der Waals surface area contributed by atoms with Gasteiger partial charge < -0.3 is 10.2 Å². The van der Waals surface area contributed by atoms with Crippen LogP contribution in [-0.2, 0) is 35.1 Å². The SMILES string of the molecule is CN=C(NCc1ccc(CS(C)(=O)=O)cc1)N1CCc2ccccc2C1.I. The van der Waals surface area contributed by atoms with Gasteiger partial charge in [0, 0.05) is 32.9 Å². The maximum atomic E-state index is 11.4. The number of aliphatic imine (C=N–C) groups is 1. The van der Waals surface area contributed by atoms with Crippen LogP contribution in [0.3, 0.4) is 0 Å². The third-order valence-electron chi connectivity index (χ3n) is 4.54. The summed E-state index contributed by atoms with van der Waals surface area (Å²) in [4.78, 5) is 6.68. The summed E-state index contributed by atoms with van der Waals surface area (Å²) in [5.41, 5.74) is 4.68. The van der Waals surface area contributed by atoms with Crippen molar-refractivity contribution in [1.82, 2.24) is 10.2 Å². The lowest BCUT2D eigenvalue weighted by Gasteiger charge is -2.31. The number of guanidine groups is 1. The number of nitrogens with one attached hydrogen (secondary N) is 1. The van der Waals surface area contributed by atoms with E-state index in [1.165, 1.54) is 17.4 Å². The van der Waals surface area contributed by atoms with Gasteiger partial charge in [-0.15, -0.1) is 24.0 Å². The van der Waals surface area contributed by atoms with Crippen LogP contribution in [0.5, 0.6) is 0 Å². The van der Waals surface area contributed by atoms with E-state index in [4.69, 9.17) is 0 Å². The molecule has 0 aromatic heterocycles. The second-order valence-electron chi connectivity index (χ2n) is 6.73. The van der Waals surface area contributed by atoms with Crippen molar-refractivity contribution in [2.45, 2.75) is 25.3 Å². The van der Waals surface area contributed by atoms with E-state index in [2.05, 4.69) is 39.5 Å². The van der Waals surface area contributed by atoms with Gasteiger partial charge in [-0.1, -0.05) is 48.5 Å². The van der Waals surface area contributed by atoms with Crippen LogP contribution in [0.2, 0.25) is 0 Å². The normalized spacial score (nSPS) is 14.3. The van der Waals surface area contributed by atoms with Crippen LogP contribution in [-0.4, -0.2) is 39.1 Å². The van der Waals surface area contributed by atoms with Crippen molar-refractivity contribution < 1.29 is 8.42 Å². The molecular weight excluding hydrogens is 473 g/mol. The van der Waals surface area contributed by atoms with E-state index < -0.39 is 9.84 Å². The summed E-state index contributed by atoms with van der Waals surface area (Å²) in [5.74, 6) is 0.968. The number of fused-ring (bicyclic) bond motifs is 1. The van der Waals surface area contributed by atoms with Crippen molar-refractivity contribution in [3.8, 4) is 0 Å². The molecule has 1 aliphatic rings. The fourth-order valence-corrected chi connectivity index (χ4v) is 4.04. The lowest BCUT2D eigenvalue weighted by Crippen LogP contribution is -2.43. The Morgan fingerprint density at radius 1 is 1.07 bits per heavy atom. The van der Waals surface area contributed by atoms with Gasteiger partial charge in [0.2, 0.25) is 0 Å². The fraction of sp³-hybridized carbons (Fsp3) is 0.350. The topological polar surface area (TPSA) is 61.8 Å². The molecule has 1 aliphatic heterocycles. The monoisotopic (exact) mass is 499 g/mol. The minimum absolute atomic E-state index is 0. The summed E-state index contributed by atoms with van der Waals surface area (Å²) in [6.07, 6.45) is 2.28. The Morgan fingerprint density at radius 2 is 1.70 bits per heavy atom. The standard InChI is InChI=1S/C20H25N3O2S.HI/c1-21-20(23-12-11-18-5-3-4-6-19(18)14-23)22-13-16-7-9-17(10-8-16)15-26(2,24)25;/h3-10H,11-15H2,1-2H3,(H,21,22);1H. The van der Waals surface area contributed by atoms with Gasteiger partial charge in [-0.25, -0.2) is 8.42 Å². The van der Waals surface area contributed by atoms with E-state index in [1.54, 1.807) is 7.05 Å². The van der Waals surface area contributed by atoms with Crippen molar-refractivity contribution in [1.29, 1.82) is 0 Å². The number of rotatable bonds is 4. The number of sulfone groups is 1. The summed E-state index contributed by atoms with van der Waals surface area (Å²) < 4.78 is 22.7. The zero-order valence-corrected chi connectivity index (χ0v) is 18.8. The molecule has 0 spiro atoms. The van der Waals surface area contributed by atoms with E-state index in [0.29, 0.717) is 6.54 Å². The molecule has 2 aromatic carbocycles. The molecule has 0 bridgehead atoms. The van der Waals surface area contributed by atoms with E-state index in [9.17, 15) is 8.42 Å². The number of benzene rings is 2. The van der Waals surface area contributed by atoms with Crippen LogP contribution in [0.25, 0.3) is 0 Å². The van der Waals surface area contributed by atoms with Gasteiger partial charge in [-0.05, 0) is 28.7 Å². The van der Waals surface area contributed by atoms with Crippen molar-refractivity contribution in [3.05, 3.63) is 70.8 Å². The van der Waals surface area contributed by atoms with E-state index >= 15 is 0 Å². The largest absolute Gasteiger partial charge is 0.352 e. The Hall–Kier alpha value is -1.61. The molecule has 0 unspecified atom stereocenters. The number of hydrogen-bond acceptors (Lipinski definition) is 3. The van der Waals surface area contributed by atoms with Gasteiger partial charge in [-0.3, -0.25) is 4.99 Å². The molecule has 146 valence electrons. The lowest BCUT2D eigenvalue weighted by atomic mass is 10.0. The third kappa shape index (κ3) is 6.21. The average molecular weight is 499 g/mol. The molecule has 0 saturated carbocycles. The number of halogens is 1. The third-order valence-corrected chi connectivity index (χ3v) is 5.40. The van der Waals surface area contributed by atoms with Crippen LogP contribution in [0.1, 0.15) is 22.3 Å². The maximum absolute atomic E-state index is 11.4. The van der Waals surface area contributed by atoms with Crippen LogP contribution < -0.4 is 5.32 Å². The Kier molecular flexibility index (Phi) is 7.67. The first-order valence-electron chi connectivity index (χ1n) is 8.72. The molecule has 0 fully saturated rings. The summed E-state index contributed by atoms with van der Waals surface area (Å²) >= 11 is 0. The Bertz CT molecular complexity index is 896. The van der Waals surface area contributed by atoms with Crippen LogP contribution in [0.15, 0.2) is 53.5 Å². The van der Waals surface area contributed by atoms with E-state index in [0.717, 1.165) is 36.6 Å². The quantitative estimate of drug-likeness (QED) is 0.399. The second-order valence-corrected chi connectivity index (χ2v) is 8.87. The van der Waals surface area contributed by atoms with Gasteiger partial charge in [-0.2, -0.15) is 0 Å². The van der Waals surface area contributed by atoms with Crippen molar-refractivity contribution in [3.63, 3.8) is 0 Å². The molecule has 7 heteroatoms. The summed E-state index contributed by atoms with van der Waals surface area (Å²) in [7, 11) is -1.20. The summed E-state index contributed by atoms with van der Waals surface area (Å²) in [6, 6.07) is 16.2. The summed E-state index contributed by atoms with van der Waals surface area (Å²) in [5, 5.41) is 3.41. The van der Waals surface area contributed by atoms with Gasteiger partial charge in [0.1, 0.15) is 0 Å². The molecule has 0 radical (unpaired) electrons. The molecular formula is C20H26IN3O2S. The van der Waals surface area contributed by atoms with Gasteiger partial charge in [0.25, 0.3) is 0 Å². The number of hydrogen-bond donors (Lipinski definition) is 1.